The standard InChI is InChI=1S/C20H26BN5O5/c1-20(2,3)26-17(27)10-15(25-19(29)16-12-22-7-8-23-16)18(28)24-11-13-5-4-6-14(9-13)21(30)31/h4-9,12,15,30-31H,10-11H2,1-3H3,(H,24,28)(H,25,29)(H,26,27)/t15-/m0/s1. The third kappa shape index (κ3) is 8.15. The van der Waals surface area contributed by atoms with Crippen LogP contribution >= 0.6 is 0 Å². The smallest absolute Gasteiger partial charge is 0.423 e. The molecule has 0 saturated heterocycles. The lowest BCUT2D eigenvalue weighted by Gasteiger charge is -2.23. The Morgan fingerprint density at radius 2 is 1.90 bits per heavy atom. The third-order valence-corrected chi connectivity index (χ3v) is 4.04. The van der Waals surface area contributed by atoms with E-state index in [1.165, 1.54) is 30.7 Å². The maximum atomic E-state index is 12.8. The summed E-state index contributed by atoms with van der Waals surface area (Å²) in [6.45, 7) is 5.49. The van der Waals surface area contributed by atoms with E-state index in [9.17, 15) is 24.4 Å². The second-order valence-corrected chi connectivity index (χ2v) is 7.96. The van der Waals surface area contributed by atoms with Crippen molar-refractivity contribution < 1.29 is 24.4 Å². The summed E-state index contributed by atoms with van der Waals surface area (Å²) in [7, 11) is -1.63. The van der Waals surface area contributed by atoms with Crippen molar-refractivity contribution in [3.8, 4) is 0 Å². The van der Waals surface area contributed by atoms with Crippen molar-refractivity contribution in [3.05, 3.63) is 54.1 Å². The average Bonchev–Trinajstić information content (AvgIpc) is 2.71. The summed E-state index contributed by atoms with van der Waals surface area (Å²) >= 11 is 0. The van der Waals surface area contributed by atoms with Crippen molar-refractivity contribution in [3.63, 3.8) is 0 Å². The van der Waals surface area contributed by atoms with Crippen molar-refractivity contribution in [2.75, 3.05) is 0 Å². The van der Waals surface area contributed by atoms with Crippen LogP contribution < -0.4 is 21.4 Å². The van der Waals surface area contributed by atoms with Gasteiger partial charge in [-0.15, -0.1) is 0 Å². The molecule has 10 nitrogen and oxygen atoms in total. The summed E-state index contributed by atoms with van der Waals surface area (Å²) in [5.74, 6) is -1.61. The molecule has 2 rings (SSSR count). The van der Waals surface area contributed by atoms with E-state index in [2.05, 4.69) is 25.9 Å². The highest BCUT2D eigenvalue weighted by Gasteiger charge is 2.26. The molecule has 31 heavy (non-hydrogen) atoms. The Kier molecular flexibility index (Phi) is 8.23. The fourth-order valence-corrected chi connectivity index (χ4v) is 2.69. The summed E-state index contributed by atoms with van der Waals surface area (Å²) in [5, 5.41) is 26.5. The average molecular weight is 427 g/mol. The summed E-state index contributed by atoms with van der Waals surface area (Å²) in [5.41, 5.74) is 0.417. The maximum absolute atomic E-state index is 12.8. The highest BCUT2D eigenvalue weighted by molar-refractivity contribution is 6.58. The van der Waals surface area contributed by atoms with Crippen LogP contribution in [0.5, 0.6) is 0 Å². The Morgan fingerprint density at radius 3 is 2.52 bits per heavy atom. The van der Waals surface area contributed by atoms with Gasteiger partial charge in [0.15, 0.2) is 0 Å². The zero-order valence-corrected chi connectivity index (χ0v) is 17.6. The number of nitrogens with zero attached hydrogens (tertiary/aromatic N) is 2. The van der Waals surface area contributed by atoms with Gasteiger partial charge in [0.25, 0.3) is 5.91 Å². The van der Waals surface area contributed by atoms with Gasteiger partial charge in [-0.05, 0) is 31.8 Å². The van der Waals surface area contributed by atoms with E-state index in [1.54, 1.807) is 32.9 Å². The van der Waals surface area contributed by atoms with Gasteiger partial charge in [-0.25, -0.2) is 4.98 Å². The van der Waals surface area contributed by atoms with Crippen molar-refractivity contribution >= 4 is 30.3 Å². The number of aromatic nitrogens is 2. The second kappa shape index (κ2) is 10.6. The summed E-state index contributed by atoms with van der Waals surface area (Å²) in [6, 6.07) is 5.25. The summed E-state index contributed by atoms with van der Waals surface area (Å²) < 4.78 is 0. The largest absolute Gasteiger partial charge is 0.488 e. The monoisotopic (exact) mass is 427 g/mol. The molecule has 1 aromatic heterocycles. The minimum Gasteiger partial charge on any atom is -0.423 e. The van der Waals surface area contributed by atoms with Gasteiger partial charge >= 0.3 is 7.12 Å². The molecule has 11 heteroatoms. The molecule has 0 aliphatic rings. The Balaban J connectivity index is 2.10. The number of amides is 3. The minimum absolute atomic E-state index is 0.0150. The third-order valence-electron chi connectivity index (χ3n) is 4.04. The molecule has 164 valence electrons. The molecular formula is C20H26BN5O5. The van der Waals surface area contributed by atoms with Gasteiger partial charge in [0, 0.05) is 24.5 Å². The van der Waals surface area contributed by atoms with Crippen molar-refractivity contribution in [2.24, 2.45) is 0 Å². The van der Waals surface area contributed by atoms with Crippen LogP contribution in [0.15, 0.2) is 42.9 Å². The van der Waals surface area contributed by atoms with E-state index >= 15 is 0 Å². The highest BCUT2D eigenvalue weighted by Crippen LogP contribution is 2.04. The van der Waals surface area contributed by atoms with E-state index < -0.39 is 36.4 Å². The van der Waals surface area contributed by atoms with E-state index in [0.717, 1.165) is 0 Å². The summed E-state index contributed by atoms with van der Waals surface area (Å²) in [4.78, 5) is 45.3. The van der Waals surface area contributed by atoms with Crippen molar-refractivity contribution in [1.29, 1.82) is 0 Å². The summed E-state index contributed by atoms with van der Waals surface area (Å²) in [6.07, 6.45) is 3.74. The van der Waals surface area contributed by atoms with Gasteiger partial charge in [-0.2, -0.15) is 0 Å². The number of rotatable bonds is 8. The molecule has 1 atom stereocenters. The van der Waals surface area contributed by atoms with Crippen LogP contribution in [-0.2, 0) is 16.1 Å². The first-order valence-corrected chi connectivity index (χ1v) is 9.66. The van der Waals surface area contributed by atoms with Gasteiger partial charge in [0.2, 0.25) is 11.8 Å². The van der Waals surface area contributed by atoms with E-state index in [4.69, 9.17) is 0 Å². The van der Waals surface area contributed by atoms with Gasteiger partial charge in [0.1, 0.15) is 11.7 Å². The number of carbonyl (C=O) groups is 3. The second-order valence-electron chi connectivity index (χ2n) is 7.96. The molecule has 0 bridgehead atoms. The lowest BCUT2D eigenvalue weighted by molar-refractivity contribution is -0.129. The predicted octanol–water partition coefficient (Wildman–Crippen LogP) is -1.12. The van der Waals surface area contributed by atoms with Crippen LogP contribution in [0, 0.1) is 0 Å². The number of nitrogens with one attached hydrogen (secondary N) is 3. The van der Waals surface area contributed by atoms with Gasteiger partial charge in [-0.3, -0.25) is 19.4 Å². The maximum Gasteiger partial charge on any atom is 0.488 e. The van der Waals surface area contributed by atoms with Gasteiger partial charge in [0.05, 0.1) is 12.6 Å². The normalized spacial score (nSPS) is 11.9. The molecule has 1 heterocycles. The van der Waals surface area contributed by atoms with Gasteiger partial charge < -0.3 is 26.0 Å². The molecule has 2 aromatic rings. The Labute approximate surface area is 180 Å². The number of carbonyl (C=O) groups excluding carboxylic acids is 3. The molecule has 0 fully saturated rings. The molecule has 1 aromatic carbocycles. The van der Waals surface area contributed by atoms with Crippen molar-refractivity contribution in [1.82, 2.24) is 25.9 Å². The highest BCUT2D eigenvalue weighted by atomic mass is 16.4. The van der Waals surface area contributed by atoms with Crippen LogP contribution in [-0.4, -0.2) is 56.4 Å². The van der Waals surface area contributed by atoms with E-state index in [0.29, 0.717) is 5.56 Å². The lowest BCUT2D eigenvalue weighted by Crippen LogP contribution is -2.51. The van der Waals surface area contributed by atoms with Crippen LogP contribution in [0.25, 0.3) is 0 Å². The number of benzene rings is 1. The first-order chi connectivity index (χ1) is 14.5. The molecule has 0 unspecified atom stereocenters. The van der Waals surface area contributed by atoms with Gasteiger partial charge in [-0.1, -0.05) is 24.3 Å². The molecule has 0 aliphatic carbocycles. The van der Waals surface area contributed by atoms with E-state index in [1.807, 2.05) is 0 Å². The fourth-order valence-electron chi connectivity index (χ4n) is 2.69. The number of hydrogen-bond donors (Lipinski definition) is 5. The Hall–Kier alpha value is -3.31. The molecule has 0 spiro atoms. The molecule has 5 N–H and O–H groups in total. The van der Waals surface area contributed by atoms with E-state index in [-0.39, 0.29) is 24.1 Å². The number of hydrogen-bond acceptors (Lipinski definition) is 7. The van der Waals surface area contributed by atoms with Crippen LogP contribution in [0.3, 0.4) is 0 Å². The molecular weight excluding hydrogens is 401 g/mol. The predicted molar refractivity (Wildman–Crippen MR) is 114 cm³/mol. The quantitative estimate of drug-likeness (QED) is 0.334. The zero-order valence-electron chi connectivity index (χ0n) is 17.6. The van der Waals surface area contributed by atoms with Crippen LogP contribution in [0.4, 0.5) is 0 Å². The Morgan fingerprint density at radius 1 is 1.16 bits per heavy atom. The molecule has 0 radical (unpaired) electrons. The molecule has 0 saturated carbocycles. The zero-order chi connectivity index (χ0) is 23.0. The fraction of sp³-hybridized carbons (Fsp3) is 0.350. The van der Waals surface area contributed by atoms with Crippen LogP contribution in [0.1, 0.15) is 43.2 Å². The van der Waals surface area contributed by atoms with Crippen molar-refractivity contribution in [2.45, 2.75) is 45.3 Å². The molecule has 3 amide bonds. The molecule has 0 aliphatic heterocycles. The first kappa shape index (κ1) is 24.0. The lowest BCUT2D eigenvalue weighted by atomic mass is 9.79. The first-order valence-electron chi connectivity index (χ1n) is 9.66. The Bertz CT molecular complexity index is 918. The SMILES string of the molecule is CC(C)(C)NC(=O)C[C@H](NC(=O)c1cnccn1)C(=O)NCc1cccc(B(O)O)c1. The van der Waals surface area contributed by atoms with Crippen LogP contribution in [0.2, 0.25) is 0 Å². The topological polar surface area (TPSA) is 154 Å². The minimum atomic E-state index is -1.63.